The number of hydrogen-bond donors (Lipinski definition) is 0. The predicted octanol–water partition coefficient (Wildman–Crippen LogP) is 5.14. The normalized spacial score (nSPS) is 11.6. The molecule has 0 aliphatic heterocycles. The van der Waals surface area contributed by atoms with Crippen LogP contribution in [0.3, 0.4) is 0 Å². The molecule has 0 atom stereocenters. The van der Waals surface area contributed by atoms with Crippen molar-refractivity contribution in [3.8, 4) is 0 Å². The third-order valence-electron chi connectivity index (χ3n) is 5.55. The van der Waals surface area contributed by atoms with E-state index >= 15 is 0 Å². The van der Waals surface area contributed by atoms with Gasteiger partial charge >= 0.3 is 0 Å². The van der Waals surface area contributed by atoms with Gasteiger partial charge in [-0.3, -0.25) is 9.69 Å². The molecule has 0 unspecified atom stereocenters. The van der Waals surface area contributed by atoms with Crippen LogP contribution in [-0.2, 0) is 14.6 Å². The van der Waals surface area contributed by atoms with Crippen LogP contribution in [0.4, 0.5) is 5.13 Å². The van der Waals surface area contributed by atoms with Gasteiger partial charge in [0.2, 0.25) is 5.91 Å². The van der Waals surface area contributed by atoms with Gasteiger partial charge in [-0.25, -0.2) is 13.4 Å². The minimum Gasteiger partial charge on any atom is -0.302 e. The lowest BCUT2D eigenvalue weighted by molar-refractivity contribution is -0.116. The van der Waals surface area contributed by atoms with E-state index < -0.39 is 21.5 Å². The molecule has 2 aromatic carbocycles. The van der Waals surface area contributed by atoms with Crippen LogP contribution >= 0.6 is 35.3 Å². The summed E-state index contributed by atoms with van der Waals surface area (Å²) in [6.45, 7) is 10.9. The molecule has 1 heterocycles. The molecule has 1 aromatic heterocycles. The molecule has 6 nitrogen and oxygen atoms in total. The van der Waals surface area contributed by atoms with Crippen LogP contribution in [0.2, 0.25) is 5.02 Å². The van der Waals surface area contributed by atoms with Gasteiger partial charge in [0, 0.05) is 18.1 Å². The molecule has 0 aliphatic carbocycles. The molecule has 3 aromatic rings. The minimum absolute atomic E-state index is 0. The second-order valence-electron chi connectivity index (χ2n) is 7.69. The fraction of sp³-hybridized carbons (Fsp3) is 0.391. The summed E-state index contributed by atoms with van der Waals surface area (Å²) in [7, 11) is -3.81. The first-order chi connectivity index (χ1) is 15.1. The second kappa shape index (κ2) is 11.6. The number of halogens is 2. The van der Waals surface area contributed by atoms with Crippen molar-refractivity contribution in [3.05, 3.63) is 52.5 Å². The summed E-state index contributed by atoms with van der Waals surface area (Å²) >= 11 is 7.29. The van der Waals surface area contributed by atoms with Crippen LogP contribution in [0.15, 0.2) is 41.3 Å². The van der Waals surface area contributed by atoms with E-state index in [-0.39, 0.29) is 17.3 Å². The van der Waals surface area contributed by atoms with Gasteiger partial charge < -0.3 is 4.90 Å². The number of carbonyl (C=O) groups is 1. The molecule has 1 amide bonds. The average molecular weight is 531 g/mol. The molecule has 0 fully saturated rings. The number of likely N-dealkylation sites (N-methyl/N-ethyl adjacent to an activating group) is 1. The van der Waals surface area contributed by atoms with E-state index in [1.54, 1.807) is 0 Å². The first-order valence-electron chi connectivity index (χ1n) is 10.5. The van der Waals surface area contributed by atoms with E-state index in [9.17, 15) is 13.2 Å². The van der Waals surface area contributed by atoms with Crippen molar-refractivity contribution < 1.29 is 13.2 Å². The second-order valence-corrected chi connectivity index (χ2v) is 11.1. The molecular formula is C23H29Cl2N3O3S2. The van der Waals surface area contributed by atoms with Gasteiger partial charge in [0.25, 0.3) is 0 Å². The Balaban J connectivity index is 0.00000385. The molecule has 3 rings (SSSR count). The lowest BCUT2D eigenvalue weighted by atomic mass is 10.1. The van der Waals surface area contributed by atoms with Crippen LogP contribution in [0.1, 0.15) is 25.0 Å². The highest BCUT2D eigenvalue weighted by Crippen LogP contribution is 2.31. The number of nitrogens with zero attached hydrogens (tertiary/aromatic N) is 3. The van der Waals surface area contributed by atoms with E-state index in [1.165, 1.54) is 40.5 Å². The molecule has 180 valence electrons. The topological polar surface area (TPSA) is 70.6 Å². The van der Waals surface area contributed by atoms with Crippen molar-refractivity contribution >= 4 is 66.4 Å². The molecule has 0 saturated carbocycles. The highest BCUT2D eigenvalue weighted by molar-refractivity contribution is 7.92. The first-order valence-corrected chi connectivity index (χ1v) is 13.4. The highest BCUT2D eigenvalue weighted by Gasteiger charge is 2.27. The van der Waals surface area contributed by atoms with E-state index in [2.05, 4.69) is 29.8 Å². The summed E-state index contributed by atoms with van der Waals surface area (Å²) < 4.78 is 26.7. The van der Waals surface area contributed by atoms with Crippen molar-refractivity contribution in [2.45, 2.75) is 32.6 Å². The van der Waals surface area contributed by atoms with Crippen molar-refractivity contribution in [1.29, 1.82) is 0 Å². The molecule has 0 bridgehead atoms. The summed E-state index contributed by atoms with van der Waals surface area (Å²) in [5.41, 5.74) is 3.09. The molecule has 0 N–H and O–H groups in total. The minimum atomic E-state index is -3.81. The summed E-state index contributed by atoms with van der Waals surface area (Å²) in [4.78, 5) is 21.7. The van der Waals surface area contributed by atoms with Crippen LogP contribution in [0, 0.1) is 13.8 Å². The fourth-order valence-electron chi connectivity index (χ4n) is 3.36. The van der Waals surface area contributed by atoms with Crippen LogP contribution < -0.4 is 4.90 Å². The van der Waals surface area contributed by atoms with Gasteiger partial charge in [-0.15, -0.1) is 12.4 Å². The number of benzene rings is 2. The Hall–Kier alpha value is -1.71. The number of fused-ring (bicyclic) bond motifs is 1. The van der Waals surface area contributed by atoms with E-state index in [1.807, 2.05) is 19.9 Å². The molecule has 10 heteroatoms. The number of anilines is 1. The molecule has 0 spiro atoms. The number of rotatable bonds is 9. The van der Waals surface area contributed by atoms with Crippen molar-refractivity contribution in [2.75, 3.05) is 36.8 Å². The molecule has 33 heavy (non-hydrogen) atoms. The SMILES string of the molecule is CCN(CC)CCN(C(=O)CS(=O)(=O)c1ccc(Cl)cc1)c1nc2cc(C)c(C)cc2s1.Cl. The third kappa shape index (κ3) is 6.67. The third-order valence-corrected chi connectivity index (χ3v) is 8.46. The number of amides is 1. The standard InChI is InChI=1S/C23H28ClN3O3S2.ClH/c1-5-26(6-2)11-12-27(23-25-20-13-16(3)17(4)14-21(20)31-23)22(28)15-32(29,30)19-9-7-18(24)8-10-19;/h7-10,13-14H,5-6,11-12,15H2,1-4H3;1H. The van der Waals surface area contributed by atoms with Gasteiger partial charge in [0.1, 0.15) is 5.75 Å². The number of aromatic nitrogens is 1. The molecule has 0 saturated heterocycles. The Kier molecular flexibility index (Phi) is 9.70. The lowest BCUT2D eigenvalue weighted by Gasteiger charge is -2.24. The Bertz CT molecular complexity index is 1170. The Morgan fingerprint density at radius 1 is 1.03 bits per heavy atom. The average Bonchev–Trinajstić information content (AvgIpc) is 3.13. The van der Waals surface area contributed by atoms with Gasteiger partial charge in [0.15, 0.2) is 15.0 Å². The number of hydrogen-bond acceptors (Lipinski definition) is 6. The summed E-state index contributed by atoms with van der Waals surface area (Å²) in [6.07, 6.45) is 0. The quantitative estimate of drug-likeness (QED) is 0.383. The predicted molar refractivity (Wildman–Crippen MR) is 140 cm³/mol. The van der Waals surface area contributed by atoms with Gasteiger partial charge in [-0.1, -0.05) is 36.8 Å². The smallest absolute Gasteiger partial charge is 0.244 e. The van der Waals surface area contributed by atoms with E-state index in [4.69, 9.17) is 11.6 Å². The number of aryl methyl sites for hydroxylation is 2. The van der Waals surface area contributed by atoms with Crippen LogP contribution in [-0.4, -0.2) is 56.1 Å². The van der Waals surface area contributed by atoms with E-state index in [0.717, 1.165) is 34.4 Å². The number of carbonyl (C=O) groups excluding carboxylic acids is 1. The zero-order chi connectivity index (χ0) is 23.5. The first kappa shape index (κ1) is 27.5. The molecule has 0 aliphatic rings. The lowest BCUT2D eigenvalue weighted by Crippen LogP contribution is -2.41. The van der Waals surface area contributed by atoms with Crippen molar-refractivity contribution in [2.24, 2.45) is 0 Å². The largest absolute Gasteiger partial charge is 0.302 e. The van der Waals surface area contributed by atoms with Gasteiger partial charge in [-0.2, -0.15) is 0 Å². The van der Waals surface area contributed by atoms with Gasteiger partial charge in [0.05, 0.1) is 15.1 Å². The van der Waals surface area contributed by atoms with Crippen molar-refractivity contribution in [3.63, 3.8) is 0 Å². The molecular weight excluding hydrogens is 501 g/mol. The summed E-state index contributed by atoms with van der Waals surface area (Å²) in [6, 6.07) is 9.93. The van der Waals surface area contributed by atoms with Gasteiger partial charge in [-0.05, 0) is 74.5 Å². The van der Waals surface area contributed by atoms with Crippen LogP contribution in [0.5, 0.6) is 0 Å². The summed E-state index contributed by atoms with van der Waals surface area (Å²) in [5, 5.41) is 0.963. The Morgan fingerprint density at radius 2 is 1.64 bits per heavy atom. The van der Waals surface area contributed by atoms with Crippen LogP contribution in [0.25, 0.3) is 10.2 Å². The summed E-state index contributed by atoms with van der Waals surface area (Å²) in [5.74, 6) is -1.11. The highest BCUT2D eigenvalue weighted by atomic mass is 35.5. The number of sulfone groups is 1. The fourth-order valence-corrected chi connectivity index (χ4v) is 5.77. The maximum atomic E-state index is 13.3. The number of thiazole rings is 1. The van der Waals surface area contributed by atoms with Crippen molar-refractivity contribution in [1.82, 2.24) is 9.88 Å². The maximum absolute atomic E-state index is 13.3. The Labute approximate surface area is 210 Å². The molecule has 0 radical (unpaired) electrons. The zero-order valence-corrected chi connectivity index (χ0v) is 22.4. The van der Waals surface area contributed by atoms with E-state index in [0.29, 0.717) is 23.2 Å². The zero-order valence-electron chi connectivity index (χ0n) is 19.2. The monoisotopic (exact) mass is 529 g/mol. The maximum Gasteiger partial charge on any atom is 0.244 e. The Morgan fingerprint density at radius 3 is 2.24 bits per heavy atom.